The quantitative estimate of drug-likeness (QED) is 0.876. The zero-order valence-corrected chi connectivity index (χ0v) is 11.5. The van der Waals surface area contributed by atoms with Crippen LogP contribution in [-0.4, -0.2) is 25.0 Å². The number of anilines is 1. The molecule has 0 atom stereocenters. The molecule has 0 bridgehead atoms. The van der Waals surface area contributed by atoms with Crippen LogP contribution in [0.1, 0.15) is 10.4 Å². The minimum absolute atomic E-state index is 0.348. The molecule has 0 saturated carbocycles. The van der Waals surface area contributed by atoms with E-state index in [9.17, 15) is 4.79 Å². The van der Waals surface area contributed by atoms with Gasteiger partial charge in [0, 0.05) is 37.1 Å². The predicted octanol–water partition coefficient (Wildman–Crippen LogP) is 2.57. The van der Waals surface area contributed by atoms with Gasteiger partial charge in [-0.15, -0.1) is 0 Å². The highest BCUT2D eigenvalue weighted by Crippen LogP contribution is 2.31. The minimum atomic E-state index is -0.486. The molecule has 19 heavy (non-hydrogen) atoms. The van der Waals surface area contributed by atoms with Crippen molar-refractivity contribution in [2.75, 3.05) is 19.0 Å². The van der Waals surface area contributed by atoms with E-state index in [2.05, 4.69) is 4.98 Å². The van der Waals surface area contributed by atoms with Crippen LogP contribution in [0.25, 0.3) is 11.1 Å². The van der Waals surface area contributed by atoms with Gasteiger partial charge in [0.25, 0.3) is 0 Å². The number of hydrogen-bond acceptors (Lipinski definition) is 3. The van der Waals surface area contributed by atoms with Gasteiger partial charge < -0.3 is 10.6 Å². The van der Waals surface area contributed by atoms with Crippen molar-refractivity contribution in [2.24, 2.45) is 5.73 Å². The Morgan fingerprint density at radius 1 is 1.26 bits per heavy atom. The number of amides is 1. The number of benzene rings is 1. The third-order valence-electron chi connectivity index (χ3n) is 2.83. The number of aromatic nitrogens is 1. The molecule has 0 saturated heterocycles. The molecule has 5 heteroatoms. The van der Waals surface area contributed by atoms with Crippen LogP contribution in [-0.2, 0) is 0 Å². The summed E-state index contributed by atoms with van der Waals surface area (Å²) in [5.74, 6) is -0.486. The van der Waals surface area contributed by atoms with Crippen molar-refractivity contribution >= 4 is 23.2 Å². The Bertz CT molecular complexity index is 626. The number of pyridine rings is 1. The highest BCUT2D eigenvalue weighted by atomic mass is 35.5. The molecule has 0 aliphatic rings. The Kier molecular flexibility index (Phi) is 3.71. The van der Waals surface area contributed by atoms with Crippen molar-refractivity contribution in [2.45, 2.75) is 0 Å². The monoisotopic (exact) mass is 275 g/mol. The zero-order chi connectivity index (χ0) is 14.0. The Balaban J connectivity index is 2.68. The smallest absolute Gasteiger partial charge is 0.249 e. The number of rotatable bonds is 3. The normalized spacial score (nSPS) is 10.3. The van der Waals surface area contributed by atoms with Gasteiger partial charge in [-0.3, -0.25) is 4.79 Å². The van der Waals surface area contributed by atoms with Crippen LogP contribution in [0, 0.1) is 0 Å². The largest absolute Gasteiger partial charge is 0.378 e. The highest BCUT2D eigenvalue weighted by Gasteiger charge is 2.14. The van der Waals surface area contributed by atoms with Gasteiger partial charge in [-0.25, -0.2) is 4.98 Å². The molecule has 1 amide bonds. The van der Waals surface area contributed by atoms with Gasteiger partial charge in [0.15, 0.2) is 0 Å². The van der Waals surface area contributed by atoms with E-state index in [1.807, 2.05) is 37.2 Å². The fourth-order valence-electron chi connectivity index (χ4n) is 1.84. The van der Waals surface area contributed by atoms with Gasteiger partial charge in [-0.05, 0) is 35.9 Å². The minimum Gasteiger partial charge on any atom is -0.378 e. The maximum atomic E-state index is 11.5. The molecule has 0 unspecified atom stereocenters. The Morgan fingerprint density at radius 3 is 2.58 bits per heavy atom. The second kappa shape index (κ2) is 5.28. The van der Waals surface area contributed by atoms with Crippen LogP contribution in [0.15, 0.2) is 36.5 Å². The summed E-state index contributed by atoms with van der Waals surface area (Å²) in [6, 6.07) is 9.01. The SMILES string of the molecule is CN(C)c1ccc(C(N)=O)c(-c2cccnc2Cl)c1. The van der Waals surface area contributed by atoms with E-state index >= 15 is 0 Å². The molecule has 2 aromatic rings. The van der Waals surface area contributed by atoms with Crippen LogP contribution < -0.4 is 10.6 Å². The van der Waals surface area contributed by atoms with Crippen LogP contribution in [0.2, 0.25) is 5.15 Å². The molecule has 0 spiro atoms. The third kappa shape index (κ3) is 2.69. The topological polar surface area (TPSA) is 59.2 Å². The number of nitrogens with two attached hydrogens (primary N) is 1. The summed E-state index contributed by atoms with van der Waals surface area (Å²) in [4.78, 5) is 17.5. The molecule has 0 fully saturated rings. The van der Waals surface area contributed by atoms with Crippen LogP contribution >= 0.6 is 11.6 Å². The third-order valence-corrected chi connectivity index (χ3v) is 3.14. The van der Waals surface area contributed by atoms with Gasteiger partial charge in [0.1, 0.15) is 5.15 Å². The molecule has 1 heterocycles. The summed E-state index contributed by atoms with van der Waals surface area (Å²) in [6.45, 7) is 0. The van der Waals surface area contributed by atoms with Crippen LogP contribution in [0.3, 0.4) is 0 Å². The van der Waals surface area contributed by atoms with E-state index in [0.29, 0.717) is 21.8 Å². The first kappa shape index (κ1) is 13.4. The summed E-state index contributed by atoms with van der Waals surface area (Å²) in [6.07, 6.45) is 1.60. The second-order valence-corrected chi connectivity index (χ2v) is 4.69. The number of carbonyl (C=O) groups is 1. The van der Waals surface area contributed by atoms with Gasteiger partial charge in [-0.2, -0.15) is 0 Å². The highest BCUT2D eigenvalue weighted by molar-refractivity contribution is 6.32. The standard InChI is InChI=1S/C14H14ClN3O/c1-18(2)9-5-6-11(14(16)19)12(8-9)10-4-3-7-17-13(10)15/h3-8H,1-2H3,(H2,16,19). The molecular weight excluding hydrogens is 262 g/mol. The van der Waals surface area contributed by atoms with Crippen molar-refractivity contribution in [1.29, 1.82) is 0 Å². The first-order valence-corrected chi connectivity index (χ1v) is 6.10. The average molecular weight is 276 g/mol. The number of hydrogen-bond donors (Lipinski definition) is 1. The summed E-state index contributed by atoms with van der Waals surface area (Å²) in [7, 11) is 3.85. The summed E-state index contributed by atoms with van der Waals surface area (Å²) in [5, 5.41) is 0.348. The molecule has 0 radical (unpaired) electrons. The van der Waals surface area contributed by atoms with Gasteiger partial charge in [0.2, 0.25) is 5.91 Å². The summed E-state index contributed by atoms with van der Waals surface area (Å²) >= 11 is 6.09. The molecule has 0 aliphatic carbocycles. The van der Waals surface area contributed by atoms with Crippen LogP contribution in [0.4, 0.5) is 5.69 Å². The van der Waals surface area contributed by atoms with Crippen molar-refractivity contribution in [1.82, 2.24) is 4.98 Å². The second-order valence-electron chi connectivity index (χ2n) is 4.33. The summed E-state index contributed by atoms with van der Waals surface area (Å²) < 4.78 is 0. The Morgan fingerprint density at radius 2 is 2.00 bits per heavy atom. The van der Waals surface area contributed by atoms with Gasteiger partial charge in [-0.1, -0.05) is 11.6 Å². The lowest BCUT2D eigenvalue weighted by Gasteiger charge is -2.16. The predicted molar refractivity (Wildman–Crippen MR) is 77.5 cm³/mol. The molecule has 1 aromatic carbocycles. The van der Waals surface area contributed by atoms with E-state index in [1.54, 1.807) is 18.3 Å². The number of carbonyl (C=O) groups excluding carboxylic acids is 1. The fourth-order valence-corrected chi connectivity index (χ4v) is 2.06. The lowest BCUT2D eigenvalue weighted by atomic mass is 9.99. The number of halogens is 1. The van der Waals surface area contributed by atoms with E-state index in [4.69, 9.17) is 17.3 Å². The Hall–Kier alpha value is -2.07. The maximum Gasteiger partial charge on any atom is 0.249 e. The van der Waals surface area contributed by atoms with Crippen LogP contribution in [0.5, 0.6) is 0 Å². The fraction of sp³-hybridized carbons (Fsp3) is 0.143. The molecule has 1 aromatic heterocycles. The van der Waals surface area contributed by atoms with E-state index in [-0.39, 0.29) is 0 Å². The van der Waals surface area contributed by atoms with Gasteiger partial charge in [0.05, 0.1) is 0 Å². The molecular formula is C14H14ClN3O. The van der Waals surface area contributed by atoms with E-state index in [1.165, 1.54) is 0 Å². The molecule has 0 aliphatic heterocycles. The van der Waals surface area contributed by atoms with E-state index < -0.39 is 5.91 Å². The van der Waals surface area contributed by atoms with Crippen molar-refractivity contribution in [3.8, 4) is 11.1 Å². The van der Waals surface area contributed by atoms with Crippen molar-refractivity contribution in [3.63, 3.8) is 0 Å². The lowest BCUT2D eigenvalue weighted by Crippen LogP contribution is -2.14. The Labute approximate surface area is 116 Å². The number of nitrogens with zero attached hydrogens (tertiary/aromatic N) is 2. The first-order chi connectivity index (χ1) is 9.00. The molecule has 4 nitrogen and oxygen atoms in total. The maximum absolute atomic E-state index is 11.5. The average Bonchev–Trinajstić information content (AvgIpc) is 2.38. The first-order valence-electron chi connectivity index (χ1n) is 5.72. The molecule has 2 N–H and O–H groups in total. The van der Waals surface area contributed by atoms with Gasteiger partial charge >= 0.3 is 0 Å². The zero-order valence-electron chi connectivity index (χ0n) is 10.7. The van der Waals surface area contributed by atoms with Crippen molar-refractivity contribution in [3.05, 3.63) is 47.2 Å². The van der Waals surface area contributed by atoms with Crippen molar-refractivity contribution < 1.29 is 4.79 Å². The lowest BCUT2D eigenvalue weighted by molar-refractivity contribution is 0.100. The molecule has 2 rings (SSSR count). The number of primary amides is 1. The van der Waals surface area contributed by atoms with E-state index in [0.717, 1.165) is 5.69 Å². The molecule has 98 valence electrons. The summed E-state index contributed by atoms with van der Waals surface area (Å²) in [5.41, 5.74) is 8.19.